The number of methoxy groups -OCH3 is 1. The van der Waals surface area contributed by atoms with Crippen molar-refractivity contribution in [1.82, 2.24) is 4.90 Å². The molecule has 1 heterocycles. The van der Waals surface area contributed by atoms with Crippen molar-refractivity contribution in [3.8, 4) is 5.75 Å². The summed E-state index contributed by atoms with van der Waals surface area (Å²) in [5, 5.41) is 2.94. The molecule has 0 atom stereocenters. The third-order valence-corrected chi connectivity index (χ3v) is 5.20. The van der Waals surface area contributed by atoms with Gasteiger partial charge in [-0.1, -0.05) is 18.9 Å². The molecule has 1 aliphatic rings. The molecule has 1 aliphatic heterocycles. The molecule has 1 amide bonds. The zero-order chi connectivity index (χ0) is 20.6. The first kappa shape index (κ1) is 21.1. The zero-order valence-corrected chi connectivity index (χ0v) is 17.3. The summed E-state index contributed by atoms with van der Waals surface area (Å²) < 4.78 is 18.7. The number of ether oxygens (including phenoxy) is 1. The van der Waals surface area contributed by atoms with Crippen LogP contribution >= 0.6 is 0 Å². The summed E-state index contributed by atoms with van der Waals surface area (Å²) in [7, 11) is 3.28. The van der Waals surface area contributed by atoms with Crippen molar-refractivity contribution < 1.29 is 13.9 Å². The van der Waals surface area contributed by atoms with Crippen LogP contribution in [0.5, 0.6) is 5.75 Å². The van der Waals surface area contributed by atoms with E-state index in [-0.39, 0.29) is 18.2 Å². The van der Waals surface area contributed by atoms with Crippen LogP contribution in [0.1, 0.15) is 31.2 Å². The summed E-state index contributed by atoms with van der Waals surface area (Å²) in [6.07, 6.45) is 5.09. The minimum Gasteiger partial charge on any atom is -0.494 e. The average Bonchev–Trinajstić information content (AvgIpc) is 2.98. The molecule has 6 heteroatoms. The van der Waals surface area contributed by atoms with Gasteiger partial charge in [-0.25, -0.2) is 4.39 Å². The molecule has 0 aliphatic carbocycles. The Labute approximate surface area is 172 Å². The Morgan fingerprint density at radius 3 is 2.41 bits per heavy atom. The normalized spacial score (nSPS) is 14.6. The molecule has 0 spiro atoms. The van der Waals surface area contributed by atoms with Gasteiger partial charge in [0.05, 0.1) is 13.7 Å². The molecule has 0 radical (unpaired) electrons. The minimum absolute atomic E-state index is 0.0935. The van der Waals surface area contributed by atoms with Crippen molar-refractivity contribution in [2.24, 2.45) is 0 Å². The fraction of sp³-hybridized carbons (Fsp3) is 0.435. The van der Waals surface area contributed by atoms with Gasteiger partial charge in [0.1, 0.15) is 0 Å². The Morgan fingerprint density at radius 2 is 1.79 bits per heavy atom. The first-order chi connectivity index (χ1) is 14.0. The van der Waals surface area contributed by atoms with E-state index >= 15 is 0 Å². The third kappa shape index (κ3) is 6.19. The lowest BCUT2D eigenvalue weighted by molar-refractivity contribution is -0.117. The Hall–Kier alpha value is -2.60. The largest absolute Gasteiger partial charge is 0.494 e. The van der Waals surface area contributed by atoms with Crippen LogP contribution in [0.4, 0.5) is 15.8 Å². The molecule has 156 valence electrons. The van der Waals surface area contributed by atoms with Crippen LogP contribution in [0.2, 0.25) is 0 Å². The van der Waals surface area contributed by atoms with Gasteiger partial charge in [-0.2, -0.15) is 0 Å². The van der Waals surface area contributed by atoms with E-state index in [2.05, 4.69) is 22.3 Å². The molecule has 2 aromatic carbocycles. The van der Waals surface area contributed by atoms with Crippen molar-refractivity contribution in [2.45, 2.75) is 32.2 Å². The second-order valence-electron chi connectivity index (χ2n) is 7.64. The number of halogens is 1. The average molecular weight is 400 g/mol. The van der Waals surface area contributed by atoms with E-state index in [9.17, 15) is 9.18 Å². The number of hydrogen-bond donors (Lipinski definition) is 1. The molecule has 1 saturated heterocycles. The highest BCUT2D eigenvalue weighted by Gasteiger charge is 2.12. The van der Waals surface area contributed by atoms with Crippen molar-refractivity contribution in [3.63, 3.8) is 0 Å². The second-order valence-corrected chi connectivity index (χ2v) is 7.64. The molecule has 0 bridgehead atoms. The standard InChI is InChI=1S/C23H30FN3O2/c1-26(16-18-7-12-22(29-2)21(24)15-18)17-23(28)25-19-8-10-20(11-9-19)27-13-5-3-4-6-14-27/h7-12,15H,3-6,13-14,16-17H2,1-2H3,(H,25,28). The number of benzene rings is 2. The molecule has 2 aromatic rings. The van der Waals surface area contributed by atoms with Crippen LogP contribution < -0.4 is 15.0 Å². The van der Waals surface area contributed by atoms with E-state index in [1.54, 1.807) is 12.1 Å². The molecule has 1 N–H and O–H groups in total. The molecule has 3 rings (SSSR count). The second kappa shape index (κ2) is 10.3. The molecule has 0 aromatic heterocycles. The van der Waals surface area contributed by atoms with Gasteiger partial charge in [-0.3, -0.25) is 9.69 Å². The van der Waals surface area contributed by atoms with Gasteiger partial charge in [0.15, 0.2) is 11.6 Å². The molecule has 5 nitrogen and oxygen atoms in total. The molecule has 1 fully saturated rings. The van der Waals surface area contributed by atoms with Gasteiger partial charge in [0.25, 0.3) is 0 Å². The molecule has 0 unspecified atom stereocenters. The number of carbonyl (C=O) groups excluding carboxylic acids is 1. The molecule has 0 saturated carbocycles. The Bertz CT molecular complexity index is 802. The van der Waals surface area contributed by atoms with Crippen molar-refractivity contribution >= 4 is 17.3 Å². The number of likely N-dealkylation sites (N-methyl/N-ethyl adjacent to an activating group) is 1. The Morgan fingerprint density at radius 1 is 1.10 bits per heavy atom. The van der Waals surface area contributed by atoms with Crippen LogP contribution in [0, 0.1) is 5.82 Å². The lowest BCUT2D eigenvalue weighted by Gasteiger charge is -2.23. The SMILES string of the molecule is COc1ccc(CN(C)CC(=O)Nc2ccc(N3CCCCCC3)cc2)cc1F. The fourth-order valence-corrected chi connectivity index (χ4v) is 3.71. The number of hydrogen-bond acceptors (Lipinski definition) is 4. The maximum Gasteiger partial charge on any atom is 0.238 e. The topological polar surface area (TPSA) is 44.8 Å². The first-order valence-electron chi connectivity index (χ1n) is 10.2. The van der Waals surface area contributed by atoms with Gasteiger partial charge in [-0.05, 0) is 61.9 Å². The molecular weight excluding hydrogens is 369 g/mol. The van der Waals surface area contributed by atoms with E-state index in [4.69, 9.17) is 4.74 Å². The Balaban J connectivity index is 1.50. The summed E-state index contributed by atoms with van der Waals surface area (Å²) in [5.41, 5.74) is 2.79. The molecular formula is C23H30FN3O2. The quantitative estimate of drug-likeness (QED) is 0.755. The third-order valence-electron chi connectivity index (χ3n) is 5.20. The van der Waals surface area contributed by atoms with Gasteiger partial charge < -0.3 is 15.0 Å². The minimum atomic E-state index is -0.396. The van der Waals surface area contributed by atoms with Crippen LogP contribution in [-0.4, -0.2) is 44.6 Å². The van der Waals surface area contributed by atoms with Crippen molar-refractivity contribution in [2.75, 3.05) is 44.0 Å². The van der Waals surface area contributed by atoms with Crippen LogP contribution in [0.15, 0.2) is 42.5 Å². The lowest BCUT2D eigenvalue weighted by Crippen LogP contribution is -2.30. The van der Waals surface area contributed by atoms with E-state index in [0.29, 0.717) is 6.54 Å². The predicted octanol–water partition coefficient (Wildman–Crippen LogP) is 4.29. The highest BCUT2D eigenvalue weighted by molar-refractivity contribution is 5.92. The number of amides is 1. The van der Waals surface area contributed by atoms with E-state index in [1.807, 2.05) is 24.1 Å². The van der Waals surface area contributed by atoms with Crippen molar-refractivity contribution in [1.29, 1.82) is 0 Å². The Kier molecular flexibility index (Phi) is 7.47. The lowest BCUT2D eigenvalue weighted by atomic mass is 10.2. The highest BCUT2D eigenvalue weighted by Crippen LogP contribution is 2.22. The van der Waals surface area contributed by atoms with Crippen LogP contribution in [0.3, 0.4) is 0 Å². The summed E-state index contributed by atoms with van der Waals surface area (Å²) in [4.78, 5) is 16.6. The number of carbonyl (C=O) groups is 1. The number of nitrogens with zero attached hydrogens (tertiary/aromatic N) is 2. The fourth-order valence-electron chi connectivity index (χ4n) is 3.71. The van der Waals surface area contributed by atoms with Gasteiger partial charge in [-0.15, -0.1) is 0 Å². The van der Waals surface area contributed by atoms with E-state index in [0.717, 1.165) is 24.3 Å². The summed E-state index contributed by atoms with van der Waals surface area (Å²) in [6.45, 7) is 2.90. The van der Waals surface area contributed by atoms with Crippen LogP contribution in [-0.2, 0) is 11.3 Å². The van der Waals surface area contributed by atoms with Crippen LogP contribution in [0.25, 0.3) is 0 Å². The maximum atomic E-state index is 13.8. The van der Waals surface area contributed by atoms with E-state index < -0.39 is 5.82 Å². The van der Waals surface area contributed by atoms with Gasteiger partial charge >= 0.3 is 0 Å². The summed E-state index contributed by atoms with van der Waals surface area (Å²) in [5.74, 6) is -0.269. The first-order valence-corrected chi connectivity index (χ1v) is 10.2. The monoisotopic (exact) mass is 399 g/mol. The summed E-state index contributed by atoms with van der Waals surface area (Å²) in [6, 6.07) is 12.9. The smallest absolute Gasteiger partial charge is 0.238 e. The van der Waals surface area contributed by atoms with E-state index in [1.165, 1.54) is 44.5 Å². The maximum absolute atomic E-state index is 13.8. The number of anilines is 2. The summed E-state index contributed by atoms with van der Waals surface area (Å²) >= 11 is 0. The van der Waals surface area contributed by atoms with Gasteiger partial charge in [0, 0.05) is 31.0 Å². The number of rotatable bonds is 7. The zero-order valence-electron chi connectivity index (χ0n) is 17.3. The number of nitrogens with one attached hydrogen (secondary N) is 1. The molecule has 29 heavy (non-hydrogen) atoms. The highest BCUT2D eigenvalue weighted by atomic mass is 19.1. The van der Waals surface area contributed by atoms with Gasteiger partial charge in [0.2, 0.25) is 5.91 Å². The van der Waals surface area contributed by atoms with Crippen molar-refractivity contribution in [3.05, 3.63) is 53.8 Å². The predicted molar refractivity (Wildman–Crippen MR) is 115 cm³/mol.